The summed E-state index contributed by atoms with van der Waals surface area (Å²) in [5.41, 5.74) is 0.629. The van der Waals surface area contributed by atoms with Crippen molar-refractivity contribution in [1.82, 2.24) is 20.1 Å². The van der Waals surface area contributed by atoms with Gasteiger partial charge in [0.15, 0.2) is 10.6 Å². The molecule has 1 aromatic heterocycles. The summed E-state index contributed by atoms with van der Waals surface area (Å²) in [5, 5.41) is 9.46. The van der Waals surface area contributed by atoms with Crippen LogP contribution in [0.4, 0.5) is 0 Å². The van der Waals surface area contributed by atoms with Crippen LogP contribution in [0.25, 0.3) is 0 Å². The van der Waals surface area contributed by atoms with Gasteiger partial charge in [0.2, 0.25) is 0 Å². The first-order valence-electron chi connectivity index (χ1n) is 5.12. The van der Waals surface area contributed by atoms with Gasteiger partial charge in [-0.3, -0.25) is 9.89 Å². The molecule has 0 aliphatic rings. The number of nitrogens with one attached hydrogen (secondary N) is 2. The minimum absolute atomic E-state index is 0.125. The van der Waals surface area contributed by atoms with Crippen molar-refractivity contribution < 1.29 is 4.79 Å². The van der Waals surface area contributed by atoms with Gasteiger partial charge in [0.1, 0.15) is 0 Å². The van der Waals surface area contributed by atoms with Crippen LogP contribution in [-0.4, -0.2) is 20.7 Å². The number of hydrogen-bond acceptors (Lipinski definition) is 3. The van der Waals surface area contributed by atoms with Crippen LogP contribution in [0.1, 0.15) is 16.2 Å². The molecule has 0 bridgehead atoms. The Morgan fingerprint density at radius 3 is 2.76 bits per heavy atom. The minimum atomic E-state index is -0.125. The number of aromatic amines is 1. The van der Waals surface area contributed by atoms with E-state index in [2.05, 4.69) is 15.5 Å². The van der Waals surface area contributed by atoms with E-state index < -0.39 is 0 Å². The van der Waals surface area contributed by atoms with Crippen molar-refractivity contribution in [3.05, 3.63) is 46.5 Å². The number of carbonyl (C=O) groups excluding carboxylic acids is 1. The van der Waals surface area contributed by atoms with Crippen LogP contribution in [0.2, 0.25) is 0 Å². The Bertz CT molecular complexity index is 573. The maximum atomic E-state index is 11.8. The Labute approximate surface area is 103 Å². The lowest BCUT2D eigenvalue weighted by Gasteiger charge is -2.04. The van der Waals surface area contributed by atoms with Crippen molar-refractivity contribution in [2.24, 2.45) is 7.05 Å². The van der Waals surface area contributed by atoms with Gasteiger partial charge in [0.05, 0.1) is 6.54 Å². The van der Waals surface area contributed by atoms with E-state index in [-0.39, 0.29) is 5.91 Å². The van der Waals surface area contributed by atoms with E-state index in [9.17, 15) is 4.79 Å². The molecule has 0 radical (unpaired) electrons. The molecule has 2 aromatic rings. The van der Waals surface area contributed by atoms with Crippen molar-refractivity contribution >= 4 is 18.1 Å². The Hall–Kier alpha value is -1.95. The molecule has 0 atom stereocenters. The van der Waals surface area contributed by atoms with Crippen molar-refractivity contribution in [3.63, 3.8) is 0 Å². The second kappa shape index (κ2) is 4.92. The largest absolute Gasteiger partial charge is 0.345 e. The predicted octanol–water partition coefficient (Wildman–Crippen LogP) is 1.41. The summed E-state index contributed by atoms with van der Waals surface area (Å²) in [5.74, 6) is 0.568. The molecule has 0 unspecified atom stereocenters. The number of hydrogen-bond donors (Lipinski definition) is 2. The number of H-pyrrole nitrogens is 1. The lowest BCUT2D eigenvalue weighted by molar-refractivity contribution is 0.0949. The molecule has 2 N–H and O–H groups in total. The highest BCUT2D eigenvalue weighted by Gasteiger charge is 2.06. The number of carbonyl (C=O) groups is 1. The lowest BCUT2D eigenvalue weighted by atomic mass is 10.2. The number of rotatable bonds is 3. The molecule has 0 aliphatic heterocycles. The molecule has 0 spiro atoms. The molecule has 17 heavy (non-hydrogen) atoms. The molecule has 0 saturated heterocycles. The summed E-state index contributed by atoms with van der Waals surface area (Å²) in [4.78, 5) is 11.8. The Balaban J connectivity index is 2.02. The third-order valence-corrected chi connectivity index (χ3v) is 2.78. The summed E-state index contributed by atoms with van der Waals surface area (Å²) < 4.78 is 2.26. The molecule has 2 rings (SSSR count). The highest BCUT2D eigenvalue weighted by atomic mass is 32.1. The summed E-state index contributed by atoms with van der Waals surface area (Å²) in [6.45, 7) is 0.345. The van der Waals surface area contributed by atoms with E-state index in [0.29, 0.717) is 22.7 Å². The maximum Gasteiger partial charge on any atom is 0.251 e. The first kappa shape index (κ1) is 11.5. The first-order valence-corrected chi connectivity index (χ1v) is 5.53. The van der Waals surface area contributed by atoms with Crippen LogP contribution in [0.3, 0.4) is 0 Å². The molecule has 0 aliphatic carbocycles. The van der Waals surface area contributed by atoms with Gasteiger partial charge in [0.25, 0.3) is 5.91 Å². The van der Waals surface area contributed by atoms with Crippen molar-refractivity contribution in [1.29, 1.82) is 0 Å². The smallest absolute Gasteiger partial charge is 0.251 e. The van der Waals surface area contributed by atoms with Gasteiger partial charge < -0.3 is 9.88 Å². The summed E-state index contributed by atoms with van der Waals surface area (Å²) in [6.07, 6.45) is 0. The zero-order valence-corrected chi connectivity index (χ0v) is 10.1. The molecular weight excluding hydrogens is 236 g/mol. The normalized spacial score (nSPS) is 10.2. The Kier molecular flexibility index (Phi) is 3.34. The van der Waals surface area contributed by atoms with Crippen LogP contribution in [0, 0.1) is 4.77 Å². The Morgan fingerprint density at radius 1 is 1.47 bits per heavy atom. The lowest BCUT2D eigenvalue weighted by Crippen LogP contribution is -2.24. The number of nitrogens with zero attached hydrogens (tertiary/aromatic N) is 2. The SMILES string of the molecule is Cn1c(CNC(=O)c2ccccc2)n[nH]c1=S. The summed E-state index contributed by atoms with van der Waals surface area (Å²) in [6, 6.07) is 9.04. The first-order chi connectivity index (χ1) is 8.18. The van der Waals surface area contributed by atoms with E-state index in [1.807, 2.05) is 18.2 Å². The zero-order chi connectivity index (χ0) is 12.3. The highest BCUT2D eigenvalue weighted by molar-refractivity contribution is 7.71. The molecule has 1 aromatic carbocycles. The van der Waals surface area contributed by atoms with E-state index in [1.165, 1.54) is 0 Å². The predicted molar refractivity (Wildman–Crippen MR) is 66.0 cm³/mol. The van der Waals surface area contributed by atoms with Crippen molar-refractivity contribution in [3.8, 4) is 0 Å². The second-order valence-corrected chi connectivity index (χ2v) is 3.94. The third-order valence-electron chi connectivity index (χ3n) is 2.42. The van der Waals surface area contributed by atoms with Gasteiger partial charge in [-0.1, -0.05) is 18.2 Å². The Morgan fingerprint density at radius 2 is 2.18 bits per heavy atom. The van der Waals surface area contributed by atoms with Crippen molar-refractivity contribution in [2.45, 2.75) is 6.54 Å². The van der Waals surface area contributed by atoms with Crippen LogP contribution < -0.4 is 5.32 Å². The molecule has 5 nitrogen and oxygen atoms in total. The molecule has 0 fully saturated rings. The van der Waals surface area contributed by atoms with Gasteiger partial charge in [-0.25, -0.2) is 0 Å². The molecule has 88 valence electrons. The fraction of sp³-hybridized carbons (Fsp3) is 0.182. The van der Waals surface area contributed by atoms with Gasteiger partial charge >= 0.3 is 0 Å². The number of amides is 1. The quantitative estimate of drug-likeness (QED) is 0.807. The van der Waals surface area contributed by atoms with Crippen LogP contribution in [0.15, 0.2) is 30.3 Å². The molecule has 1 amide bonds. The maximum absolute atomic E-state index is 11.8. The van der Waals surface area contributed by atoms with E-state index in [0.717, 1.165) is 0 Å². The van der Waals surface area contributed by atoms with E-state index in [4.69, 9.17) is 12.2 Å². The molecule has 6 heteroatoms. The fourth-order valence-electron chi connectivity index (χ4n) is 1.39. The van der Waals surface area contributed by atoms with Gasteiger partial charge in [-0.2, -0.15) is 5.10 Å². The van der Waals surface area contributed by atoms with Crippen LogP contribution in [0.5, 0.6) is 0 Å². The summed E-state index contributed by atoms with van der Waals surface area (Å²) >= 11 is 4.98. The minimum Gasteiger partial charge on any atom is -0.345 e. The highest BCUT2D eigenvalue weighted by Crippen LogP contribution is 1.99. The number of benzene rings is 1. The average Bonchev–Trinajstić information content (AvgIpc) is 2.68. The molecule has 0 saturated carbocycles. The van der Waals surface area contributed by atoms with Crippen LogP contribution in [-0.2, 0) is 13.6 Å². The number of aromatic nitrogens is 3. The van der Waals surface area contributed by atoms with Crippen molar-refractivity contribution in [2.75, 3.05) is 0 Å². The van der Waals surface area contributed by atoms with Gasteiger partial charge in [0, 0.05) is 12.6 Å². The summed E-state index contributed by atoms with van der Waals surface area (Å²) in [7, 11) is 1.80. The zero-order valence-electron chi connectivity index (χ0n) is 9.30. The topological polar surface area (TPSA) is 62.7 Å². The van der Waals surface area contributed by atoms with Gasteiger partial charge in [-0.05, 0) is 24.4 Å². The standard InChI is InChI=1S/C11H12N4OS/c1-15-9(13-14-11(15)17)7-12-10(16)8-5-3-2-4-6-8/h2-6H,7H2,1H3,(H,12,16)(H,14,17). The third kappa shape index (κ3) is 2.59. The molecule has 1 heterocycles. The monoisotopic (exact) mass is 248 g/mol. The van der Waals surface area contributed by atoms with E-state index in [1.54, 1.807) is 23.7 Å². The average molecular weight is 248 g/mol. The van der Waals surface area contributed by atoms with Gasteiger partial charge in [-0.15, -0.1) is 0 Å². The molecular formula is C11H12N4OS. The van der Waals surface area contributed by atoms with Crippen LogP contribution >= 0.6 is 12.2 Å². The fourth-order valence-corrected chi connectivity index (χ4v) is 1.54. The van der Waals surface area contributed by atoms with E-state index >= 15 is 0 Å². The second-order valence-electron chi connectivity index (χ2n) is 3.55.